The molecule has 0 aromatic heterocycles. The van der Waals surface area contributed by atoms with E-state index in [1.165, 1.54) is 0 Å². The van der Waals surface area contributed by atoms with Crippen LogP contribution in [-0.2, 0) is 10.2 Å². The smallest absolute Gasteiger partial charge is 0.318 e. The lowest BCUT2D eigenvalue weighted by Gasteiger charge is -2.41. The Hall–Kier alpha value is -2.13. The van der Waals surface area contributed by atoms with Crippen molar-refractivity contribution in [1.29, 1.82) is 0 Å². The topological polar surface area (TPSA) is 49.3 Å². The summed E-state index contributed by atoms with van der Waals surface area (Å²) in [6, 6.07) is 19.3. The van der Waals surface area contributed by atoms with E-state index in [4.69, 9.17) is 0 Å². The van der Waals surface area contributed by atoms with Gasteiger partial charge in [-0.2, -0.15) is 0 Å². The van der Waals surface area contributed by atoms with Crippen LogP contribution in [-0.4, -0.2) is 23.7 Å². The highest BCUT2D eigenvalue weighted by atomic mass is 16.4. The van der Waals surface area contributed by atoms with E-state index >= 15 is 0 Å². The van der Waals surface area contributed by atoms with Crippen molar-refractivity contribution in [1.82, 2.24) is 5.32 Å². The molecular formula is C21H27NO2. The first-order valence-corrected chi connectivity index (χ1v) is 8.66. The van der Waals surface area contributed by atoms with Gasteiger partial charge in [-0.15, -0.1) is 0 Å². The van der Waals surface area contributed by atoms with Gasteiger partial charge < -0.3 is 10.4 Å². The van der Waals surface area contributed by atoms with E-state index < -0.39 is 11.4 Å². The molecule has 2 aromatic carbocycles. The molecule has 0 radical (unpaired) electrons. The number of aliphatic carboxylic acids is 1. The lowest BCUT2D eigenvalue weighted by molar-refractivity contribution is -0.144. The van der Waals surface area contributed by atoms with Gasteiger partial charge in [-0.05, 0) is 30.5 Å². The molecule has 0 fully saturated rings. The molecule has 2 atom stereocenters. The van der Waals surface area contributed by atoms with Crippen LogP contribution >= 0.6 is 0 Å². The molecule has 128 valence electrons. The average molecular weight is 325 g/mol. The van der Waals surface area contributed by atoms with Crippen molar-refractivity contribution >= 4 is 5.97 Å². The third-order valence-electron chi connectivity index (χ3n) is 4.92. The Kier molecular flexibility index (Phi) is 6.16. The molecule has 0 amide bonds. The zero-order valence-electron chi connectivity index (χ0n) is 14.7. The molecule has 2 aromatic rings. The van der Waals surface area contributed by atoms with Gasteiger partial charge in [0.2, 0.25) is 0 Å². The minimum absolute atomic E-state index is 0.0697. The average Bonchev–Trinajstić information content (AvgIpc) is 2.61. The Labute approximate surface area is 144 Å². The second-order valence-electron chi connectivity index (χ2n) is 6.21. The summed E-state index contributed by atoms with van der Waals surface area (Å²) in [6.07, 6.45) is 0.768. The van der Waals surface area contributed by atoms with Crippen LogP contribution in [0.1, 0.15) is 38.3 Å². The Balaban J connectivity index is 2.74. The number of carboxylic acids is 1. The van der Waals surface area contributed by atoms with E-state index in [0.717, 1.165) is 24.1 Å². The lowest BCUT2D eigenvalue weighted by atomic mass is 9.62. The SMILES string of the molecule is CCNC(C)C(CC)C(C(=O)O)(c1ccccc1)c1ccccc1. The second kappa shape index (κ2) is 8.11. The highest BCUT2D eigenvalue weighted by Gasteiger charge is 2.49. The van der Waals surface area contributed by atoms with Gasteiger partial charge in [-0.1, -0.05) is 80.9 Å². The first kappa shape index (κ1) is 18.2. The third-order valence-corrected chi connectivity index (χ3v) is 4.92. The third kappa shape index (κ3) is 3.22. The number of nitrogens with one attached hydrogen (secondary N) is 1. The zero-order chi connectivity index (χ0) is 17.6. The van der Waals surface area contributed by atoms with Crippen molar-refractivity contribution < 1.29 is 9.90 Å². The van der Waals surface area contributed by atoms with Crippen LogP contribution in [0.2, 0.25) is 0 Å². The molecule has 24 heavy (non-hydrogen) atoms. The number of hydrogen-bond acceptors (Lipinski definition) is 2. The molecule has 0 saturated heterocycles. The van der Waals surface area contributed by atoms with Crippen LogP contribution < -0.4 is 5.32 Å². The van der Waals surface area contributed by atoms with Gasteiger partial charge in [-0.25, -0.2) is 0 Å². The number of carbonyl (C=O) groups is 1. The summed E-state index contributed by atoms with van der Waals surface area (Å²) in [5.41, 5.74) is 0.597. The van der Waals surface area contributed by atoms with Gasteiger partial charge in [0, 0.05) is 6.04 Å². The lowest BCUT2D eigenvalue weighted by Crippen LogP contribution is -2.51. The van der Waals surface area contributed by atoms with Crippen molar-refractivity contribution in [3.8, 4) is 0 Å². The largest absolute Gasteiger partial charge is 0.480 e. The Morgan fingerprint density at radius 3 is 1.79 bits per heavy atom. The first-order chi connectivity index (χ1) is 11.6. The minimum Gasteiger partial charge on any atom is -0.480 e. The van der Waals surface area contributed by atoms with E-state index in [1.54, 1.807) is 0 Å². The van der Waals surface area contributed by atoms with Gasteiger partial charge in [0.1, 0.15) is 5.41 Å². The van der Waals surface area contributed by atoms with Crippen LogP contribution in [0.3, 0.4) is 0 Å². The summed E-state index contributed by atoms with van der Waals surface area (Å²) < 4.78 is 0. The fraction of sp³-hybridized carbons (Fsp3) is 0.381. The summed E-state index contributed by atoms with van der Waals surface area (Å²) in [5.74, 6) is -0.865. The molecule has 0 aliphatic heterocycles. The second-order valence-corrected chi connectivity index (χ2v) is 6.21. The highest BCUT2D eigenvalue weighted by Crippen LogP contribution is 2.43. The molecule has 0 aliphatic carbocycles. The predicted molar refractivity (Wildman–Crippen MR) is 98.2 cm³/mol. The van der Waals surface area contributed by atoms with Crippen molar-refractivity contribution in [2.24, 2.45) is 5.92 Å². The molecular weight excluding hydrogens is 298 g/mol. The van der Waals surface area contributed by atoms with Crippen LogP contribution in [0.25, 0.3) is 0 Å². The summed E-state index contributed by atoms with van der Waals surface area (Å²) in [4.78, 5) is 12.7. The van der Waals surface area contributed by atoms with Crippen molar-refractivity contribution in [3.63, 3.8) is 0 Å². The molecule has 2 N–H and O–H groups in total. The quantitative estimate of drug-likeness (QED) is 0.769. The van der Waals surface area contributed by atoms with Crippen LogP contribution in [0, 0.1) is 5.92 Å². The van der Waals surface area contributed by atoms with Crippen LogP contribution in [0.15, 0.2) is 60.7 Å². The molecule has 0 aliphatic rings. The first-order valence-electron chi connectivity index (χ1n) is 8.66. The summed E-state index contributed by atoms with van der Waals surface area (Å²) in [5, 5.41) is 13.9. The molecule has 0 heterocycles. The van der Waals surface area contributed by atoms with Gasteiger partial charge in [0.05, 0.1) is 0 Å². The van der Waals surface area contributed by atoms with E-state index in [1.807, 2.05) is 60.7 Å². The molecule has 0 spiro atoms. The maximum absolute atomic E-state index is 12.7. The number of hydrogen-bond donors (Lipinski definition) is 2. The van der Waals surface area contributed by atoms with E-state index in [2.05, 4.69) is 26.1 Å². The Morgan fingerprint density at radius 2 is 1.46 bits per heavy atom. The summed E-state index contributed by atoms with van der Waals surface area (Å²) in [7, 11) is 0. The number of carboxylic acid groups (broad SMARTS) is 1. The number of rotatable bonds is 8. The fourth-order valence-corrected chi connectivity index (χ4v) is 3.90. The Bertz CT molecular complexity index is 600. The maximum atomic E-state index is 12.7. The van der Waals surface area contributed by atoms with Crippen molar-refractivity contribution in [3.05, 3.63) is 71.8 Å². The fourth-order valence-electron chi connectivity index (χ4n) is 3.90. The van der Waals surface area contributed by atoms with E-state index in [-0.39, 0.29) is 12.0 Å². The summed E-state index contributed by atoms with van der Waals surface area (Å²) >= 11 is 0. The standard InChI is InChI=1S/C21H27NO2/c1-4-19(16(3)22-5-2)21(20(23)24,17-12-8-6-9-13-17)18-14-10-7-11-15-18/h6-16,19,22H,4-5H2,1-3H3,(H,23,24). The van der Waals surface area contributed by atoms with Crippen molar-refractivity contribution in [2.75, 3.05) is 6.54 Å². The van der Waals surface area contributed by atoms with Gasteiger partial charge >= 0.3 is 5.97 Å². The highest BCUT2D eigenvalue weighted by molar-refractivity contribution is 5.86. The monoisotopic (exact) mass is 325 g/mol. The van der Waals surface area contributed by atoms with Crippen LogP contribution in [0.4, 0.5) is 0 Å². The molecule has 0 bridgehead atoms. The molecule has 0 saturated carbocycles. The van der Waals surface area contributed by atoms with E-state index in [9.17, 15) is 9.90 Å². The molecule has 3 nitrogen and oxygen atoms in total. The minimum atomic E-state index is -1.07. The zero-order valence-corrected chi connectivity index (χ0v) is 14.7. The number of benzene rings is 2. The molecule has 2 rings (SSSR count). The molecule has 2 unspecified atom stereocenters. The normalized spacial score (nSPS) is 14.1. The Morgan fingerprint density at radius 1 is 1.00 bits per heavy atom. The van der Waals surface area contributed by atoms with Crippen LogP contribution in [0.5, 0.6) is 0 Å². The summed E-state index contributed by atoms with van der Waals surface area (Å²) in [6.45, 7) is 7.02. The van der Waals surface area contributed by atoms with Crippen molar-refractivity contribution in [2.45, 2.75) is 38.6 Å². The van der Waals surface area contributed by atoms with E-state index in [0.29, 0.717) is 0 Å². The van der Waals surface area contributed by atoms with Gasteiger partial charge in [-0.3, -0.25) is 4.79 Å². The maximum Gasteiger partial charge on any atom is 0.318 e. The van der Waals surface area contributed by atoms with Gasteiger partial charge in [0.15, 0.2) is 0 Å². The van der Waals surface area contributed by atoms with Gasteiger partial charge in [0.25, 0.3) is 0 Å². The predicted octanol–water partition coefficient (Wildman–Crippen LogP) is 4.08. The molecule has 3 heteroatoms.